The van der Waals surface area contributed by atoms with Gasteiger partial charge in [0, 0.05) is 6.04 Å². The van der Waals surface area contributed by atoms with Crippen molar-refractivity contribution < 1.29 is 14.4 Å². The monoisotopic (exact) mass is 239 g/mol. The van der Waals surface area contributed by atoms with E-state index in [4.69, 9.17) is 0 Å². The molecule has 2 rings (SSSR count). The van der Waals surface area contributed by atoms with Crippen LogP contribution in [-0.2, 0) is 14.4 Å². The van der Waals surface area contributed by atoms with Crippen LogP contribution in [0.1, 0.15) is 25.7 Å². The summed E-state index contributed by atoms with van der Waals surface area (Å²) < 4.78 is 0. The van der Waals surface area contributed by atoms with Crippen molar-refractivity contribution in [1.82, 2.24) is 15.5 Å². The van der Waals surface area contributed by atoms with Gasteiger partial charge < -0.3 is 5.32 Å². The molecular formula is C11H17N3O3. The maximum Gasteiger partial charge on any atom is 0.243 e. The van der Waals surface area contributed by atoms with Crippen molar-refractivity contribution in [1.29, 1.82) is 0 Å². The van der Waals surface area contributed by atoms with Crippen molar-refractivity contribution in [3.63, 3.8) is 0 Å². The second kappa shape index (κ2) is 5.27. The third kappa shape index (κ3) is 3.03. The summed E-state index contributed by atoms with van der Waals surface area (Å²) in [5.74, 6) is -0.897. The number of imide groups is 1. The fourth-order valence-electron chi connectivity index (χ4n) is 2.27. The SMILES string of the molecule is O=C(CN1C(=O)CNCC1=O)NC1CCCC1. The van der Waals surface area contributed by atoms with Gasteiger partial charge in [-0.3, -0.25) is 24.6 Å². The minimum atomic E-state index is -0.331. The summed E-state index contributed by atoms with van der Waals surface area (Å²) in [6.07, 6.45) is 4.26. The van der Waals surface area contributed by atoms with Gasteiger partial charge in [0.25, 0.3) is 0 Å². The predicted octanol–water partition coefficient (Wildman–Crippen LogP) is -0.996. The lowest BCUT2D eigenvalue weighted by Gasteiger charge is -2.25. The fourth-order valence-corrected chi connectivity index (χ4v) is 2.27. The van der Waals surface area contributed by atoms with Crippen LogP contribution in [0.5, 0.6) is 0 Å². The number of carbonyl (C=O) groups excluding carboxylic acids is 3. The lowest BCUT2D eigenvalue weighted by molar-refractivity contribution is -0.149. The maximum absolute atomic E-state index is 11.7. The molecule has 6 heteroatoms. The average Bonchev–Trinajstić information content (AvgIpc) is 2.76. The van der Waals surface area contributed by atoms with Gasteiger partial charge >= 0.3 is 0 Å². The van der Waals surface area contributed by atoms with E-state index in [1.54, 1.807) is 0 Å². The van der Waals surface area contributed by atoms with Crippen LogP contribution >= 0.6 is 0 Å². The van der Waals surface area contributed by atoms with Gasteiger partial charge in [0.15, 0.2) is 0 Å². The number of nitrogens with zero attached hydrogens (tertiary/aromatic N) is 1. The molecule has 0 unspecified atom stereocenters. The van der Waals surface area contributed by atoms with E-state index in [9.17, 15) is 14.4 Å². The van der Waals surface area contributed by atoms with E-state index in [2.05, 4.69) is 10.6 Å². The first kappa shape index (κ1) is 12.0. The van der Waals surface area contributed by atoms with Crippen molar-refractivity contribution in [3.05, 3.63) is 0 Å². The van der Waals surface area contributed by atoms with Crippen molar-refractivity contribution >= 4 is 17.7 Å². The molecule has 2 N–H and O–H groups in total. The van der Waals surface area contributed by atoms with Gasteiger partial charge in [-0.1, -0.05) is 12.8 Å². The summed E-state index contributed by atoms with van der Waals surface area (Å²) in [4.78, 5) is 35.6. The third-order valence-electron chi connectivity index (χ3n) is 3.18. The summed E-state index contributed by atoms with van der Waals surface area (Å²) in [5.41, 5.74) is 0. The standard InChI is InChI=1S/C11H17N3O3/c15-9(13-8-3-1-2-4-8)7-14-10(16)5-12-6-11(14)17/h8,12H,1-7H2,(H,13,15). The summed E-state index contributed by atoms with van der Waals surface area (Å²) in [5, 5.41) is 5.55. The molecule has 2 fully saturated rings. The Kier molecular flexibility index (Phi) is 3.73. The Bertz CT molecular complexity index is 321. The van der Waals surface area contributed by atoms with Crippen LogP contribution in [0.4, 0.5) is 0 Å². The van der Waals surface area contributed by atoms with E-state index >= 15 is 0 Å². The van der Waals surface area contributed by atoms with E-state index < -0.39 is 0 Å². The number of hydrogen-bond donors (Lipinski definition) is 2. The number of piperazine rings is 1. The molecule has 0 spiro atoms. The smallest absolute Gasteiger partial charge is 0.243 e. The predicted molar refractivity (Wildman–Crippen MR) is 60.0 cm³/mol. The summed E-state index contributed by atoms with van der Waals surface area (Å²) >= 11 is 0. The molecule has 3 amide bonds. The van der Waals surface area contributed by atoms with Crippen LogP contribution in [-0.4, -0.2) is 48.3 Å². The van der Waals surface area contributed by atoms with Gasteiger partial charge in [0.2, 0.25) is 17.7 Å². The molecule has 94 valence electrons. The Labute approximate surface area is 99.7 Å². The average molecular weight is 239 g/mol. The third-order valence-corrected chi connectivity index (χ3v) is 3.18. The normalized spacial score (nSPS) is 22.0. The molecule has 1 saturated heterocycles. The van der Waals surface area contributed by atoms with E-state index in [1.165, 1.54) is 0 Å². The van der Waals surface area contributed by atoms with Crippen LogP contribution in [0.25, 0.3) is 0 Å². The van der Waals surface area contributed by atoms with Crippen molar-refractivity contribution in [2.45, 2.75) is 31.7 Å². The van der Waals surface area contributed by atoms with Gasteiger partial charge in [-0.05, 0) is 12.8 Å². The Morgan fingerprint density at radius 3 is 2.41 bits per heavy atom. The van der Waals surface area contributed by atoms with E-state index in [1.807, 2.05) is 0 Å². The number of hydrogen-bond acceptors (Lipinski definition) is 4. The fraction of sp³-hybridized carbons (Fsp3) is 0.727. The molecule has 1 heterocycles. The Morgan fingerprint density at radius 2 is 1.82 bits per heavy atom. The zero-order chi connectivity index (χ0) is 12.3. The van der Waals surface area contributed by atoms with Crippen LogP contribution in [0.2, 0.25) is 0 Å². The maximum atomic E-state index is 11.7. The Balaban J connectivity index is 1.84. The Hall–Kier alpha value is -1.43. The highest BCUT2D eigenvalue weighted by atomic mass is 16.2. The number of carbonyl (C=O) groups is 3. The lowest BCUT2D eigenvalue weighted by Crippen LogP contribution is -2.55. The first-order valence-electron chi connectivity index (χ1n) is 6.00. The first-order chi connectivity index (χ1) is 8.16. The van der Waals surface area contributed by atoms with Crippen molar-refractivity contribution in [2.24, 2.45) is 0 Å². The first-order valence-corrected chi connectivity index (χ1v) is 6.00. The molecule has 2 aliphatic rings. The van der Waals surface area contributed by atoms with E-state index in [0.29, 0.717) is 0 Å². The lowest BCUT2D eigenvalue weighted by atomic mass is 10.2. The minimum Gasteiger partial charge on any atom is -0.352 e. The van der Waals surface area contributed by atoms with Gasteiger partial charge in [-0.25, -0.2) is 0 Å². The molecular weight excluding hydrogens is 222 g/mol. The highest BCUT2D eigenvalue weighted by molar-refractivity contribution is 6.02. The zero-order valence-electron chi connectivity index (χ0n) is 9.70. The molecule has 0 atom stereocenters. The molecule has 0 bridgehead atoms. The van der Waals surface area contributed by atoms with Crippen molar-refractivity contribution in [2.75, 3.05) is 19.6 Å². The zero-order valence-corrected chi connectivity index (χ0v) is 9.70. The Morgan fingerprint density at radius 1 is 1.24 bits per heavy atom. The molecule has 1 saturated carbocycles. The molecule has 1 aliphatic heterocycles. The van der Waals surface area contributed by atoms with Crippen LogP contribution < -0.4 is 10.6 Å². The highest BCUT2D eigenvalue weighted by Gasteiger charge is 2.28. The van der Waals surface area contributed by atoms with Gasteiger partial charge in [-0.2, -0.15) is 0 Å². The number of rotatable bonds is 3. The molecule has 0 aromatic rings. The molecule has 0 radical (unpaired) electrons. The van der Waals surface area contributed by atoms with Crippen LogP contribution in [0.15, 0.2) is 0 Å². The number of amides is 3. The molecule has 17 heavy (non-hydrogen) atoms. The van der Waals surface area contributed by atoms with Crippen LogP contribution in [0, 0.1) is 0 Å². The van der Waals surface area contributed by atoms with E-state index in [0.717, 1.165) is 30.6 Å². The van der Waals surface area contributed by atoms with Gasteiger partial charge in [0.05, 0.1) is 13.1 Å². The number of nitrogens with one attached hydrogen (secondary N) is 2. The molecule has 1 aliphatic carbocycles. The summed E-state index contributed by atoms with van der Waals surface area (Å²) in [6, 6.07) is 0.218. The highest BCUT2D eigenvalue weighted by Crippen LogP contribution is 2.17. The largest absolute Gasteiger partial charge is 0.352 e. The second-order valence-corrected chi connectivity index (χ2v) is 4.53. The van der Waals surface area contributed by atoms with Crippen LogP contribution in [0.3, 0.4) is 0 Å². The second-order valence-electron chi connectivity index (χ2n) is 4.53. The molecule has 0 aromatic heterocycles. The molecule has 0 aromatic carbocycles. The summed E-state index contributed by atoms with van der Waals surface area (Å²) in [7, 11) is 0. The van der Waals surface area contributed by atoms with E-state index in [-0.39, 0.29) is 43.4 Å². The quantitative estimate of drug-likeness (QED) is 0.619. The van der Waals surface area contributed by atoms with Gasteiger partial charge in [0.1, 0.15) is 6.54 Å². The van der Waals surface area contributed by atoms with Gasteiger partial charge in [-0.15, -0.1) is 0 Å². The minimum absolute atomic E-state index is 0.127. The topological polar surface area (TPSA) is 78.5 Å². The van der Waals surface area contributed by atoms with Crippen molar-refractivity contribution in [3.8, 4) is 0 Å². The summed E-state index contributed by atoms with van der Waals surface area (Å²) in [6.45, 7) is 0.112. The molecule has 6 nitrogen and oxygen atoms in total.